The Labute approximate surface area is 66.2 Å². The summed E-state index contributed by atoms with van der Waals surface area (Å²) in [6.07, 6.45) is 1.53. The molecule has 0 radical (unpaired) electrons. The minimum absolute atomic E-state index is 0.231. The highest BCUT2D eigenvalue weighted by Crippen LogP contribution is 2.15. The summed E-state index contributed by atoms with van der Waals surface area (Å²) in [7, 11) is 0. The molecule has 0 aromatic carbocycles. The highest BCUT2D eigenvalue weighted by atomic mass is 35.5. The Morgan fingerprint density at radius 1 is 1.55 bits per heavy atom. The van der Waals surface area contributed by atoms with Crippen LogP contribution in [0.1, 0.15) is 0 Å². The fourth-order valence-electron chi connectivity index (χ4n) is 0.924. The van der Waals surface area contributed by atoms with Gasteiger partial charge in [0.2, 0.25) is 0 Å². The highest BCUT2D eigenvalue weighted by molar-refractivity contribution is 6.34. The molecule has 11 heavy (non-hydrogen) atoms. The molecule has 0 saturated heterocycles. The fourth-order valence-corrected chi connectivity index (χ4v) is 1.12. The molecule has 0 spiro atoms. The number of H-pyrrole nitrogens is 2. The van der Waals surface area contributed by atoms with E-state index in [0.29, 0.717) is 16.1 Å². The van der Waals surface area contributed by atoms with Gasteiger partial charge in [-0.2, -0.15) is 5.10 Å². The zero-order valence-corrected chi connectivity index (χ0v) is 6.14. The van der Waals surface area contributed by atoms with Gasteiger partial charge in [0.1, 0.15) is 5.15 Å². The Kier molecular flexibility index (Phi) is 1.22. The molecule has 0 aliphatic heterocycles. The normalized spacial score (nSPS) is 10.6. The van der Waals surface area contributed by atoms with E-state index < -0.39 is 0 Å². The van der Waals surface area contributed by atoms with Crippen LogP contribution in [0.15, 0.2) is 17.1 Å². The second-order valence-electron chi connectivity index (χ2n) is 2.11. The van der Waals surface area contributed by atoms with Crippen molar-refractivity contribution >= 4 is 22.5 Å². The van der Waals surface area contributed by atoms with Crippen molar-refractivity contribution in [3.63, 3.8) is 0 Å². The smallest absolute Gasteiger partial charge is 0.276 e. The van der Waals surface area contributed by atoms with Crippen LogP contribution in [0.25, 0.3) is 10.9 Å². The summed E-state index contributed by atoms with van der Waals surface area (Å²) in [5.74, 6) is 0. The van der Waals surface area contributed by atoms with Gasteiger partial charge in [0.25, 0.3) is 5.56 Å². The zero-order valence-electron chi connectivity index (χ0n) is 5.39. The lowest BCUT2D eigenvalue weighted by Gasteiger charge is -1.83. The maximum absolute atomic E-state index is 11.0. The Morgan fingerprint density at radius 2 is 2.36 bits per heavy atom. The Balaban J connectivity index is 3.06. The number of pyridine rings is 1. The van der Waals surface area contributed by atoms with Gasteiger partial charge in [0, 0.05) is 11.6 Å². The van der Waals surface area contributed by atoms with Crippen molar-refractivity contribution < 1.29 is 0 Å². The first-order chi connectivity index (χ1) is 5.29. The first kappa shape index (κ1) is 6.42. The van der Waals surface area contributed by atoms with Crippen LogP contribution in [0.3, 0.4) is 0 Å². The topological polar surface area (TPSA) is 61.5 Å². The summed E-state index contributed by atoms with van der Waals surface area (Å²) in [6, 6.07) is 1.70. The van der Waals surface area contributed by atoms with Crippen LogP contribution in [0.5, 0.6) is 0 Å². The minimum atomic E-state index is -0.231. The summed E-state index contributed by atoms with van der Waals surface area (Å²) >= 11 is 5.67. The van der Waals surface area contributed by atoms with Gasteiger partial charge in [-0.1, -0.05) is 11.6 Å². The van der Waals surface area contributed by atoms with Crippen LogP contribution >= 0.6 is 11.6 Å². The van der Waals surface area contributed by atoms with Crippen molar-refractivity contribution in [2.75, 3.05) is 0 Å². The van der Waals surface area contributed by atoms with Crippen molar-refractivity contribution in [3.05, 3.63) is 27.8 Å². The first-order valence-corrected chi connectivity index (χ1v) is 3.38. The number of halogens is 1. The van der Waals surface area contributed by atoms with E-state index in [2.05, 4.69) is 15.2 Å². The van der Waals surface area contributed by atoms with E-state index in [4.69, 9.17) is 11.6 Å². The predicted molar refractivity (Wildman–Crippen MR) is 41.7 cm³/mol. The summed E-state index contributed by atoms with van der Waals surface area (Å²) in [5, 5.41) is 7.27. The van der Waals surface area contributed by atoms with Crippen LogP contribution in [-0.2, 0) is 0 Å². The van der Waals surface area contributed by atoms with E-state index in [9.17, 15) is 4.79 Å². The molecule has 2 heterocycles. The Morgan fingerprint density at radius 3 is 3.09 bits per heavy atom. The lowest BCUT2D eigenvalue weighted by Crippen LogP contribution is -2.03. The molecule has 0 bridgehead atoms. The average molecular weight is 170 g/mol. The molecule has 0 fully saturated rings. The second-order valence-corrected chi connectivity index (χ2v) is 2.48. The molecule has 2 N–H and O–H groups in total. The van der Waals surface area contributed by atoms with Gasteiger partial charge in [0.15, 0.2) is 5.52 Å². The molecule has 2 aromatic rings. The van der Waals surface area contributed by atoms with Crippen LogP contribution < -0.4 is 5.56 Å². The van der Waals surface area contributed by atoms with E-state index in [0.717, 1.165) is 0 Å². The molecule has 0 amide bonds. The van der Waals surface area contributed by atoms with Crippen LogP contribution in [-0.4, -0.2) is 15.2 Å². The van der Waals surface area contributed by atoms with E-state index in [1.807, 2.05) is 0 Å². The summed E-state index contributed by atoms with van der Waals surface area (Å²) in [6.45, 7) is 0. The van der Waals surface area contributed by atoms with Gasteiger partial charge >= 0.3 is 0 Å². The molecule has 56 valence electrons. The van der Waals surface area contributed by atoms with E-state index >= 15 is 0 Å². The number of rotatable bonds is 0. The highest BCUT2D eigenvalue weighted by Gasteiger charge is 2.03. The van der Waals surface area contributed by atoms with Gasteiger partial charge in [0.05, 0.1) is 0 Å². The zero-order chi connectivity index (χ0) is 7.84. The lowest BCUT2D eigenvalue weighted by atomic mass is 10.3. The van der Waals surface area contributed by atoms with Crippen molar-refractivity contribution in [3.8, 4) is 0 Å². The third kappa shape index (κ3) is 0.832. The van der Waals surface area contributed by atoms with Crippen LogP contribution in [0.4, 0.5) is 0 Å². The molecular weight excluding hydrogens is 166 g/mol. The van der Waals surface area contributed by atoms with Gasteiger partial charge in [-0.3, -0.25) is 9.89 Å². The number of nitrogens with one attached hydrogen (secondary N) is 2. The standard InChI is InChI=1S/C6H4ClN3O/c7-5-3-1-2-8-6(11)4(3)9-10-5/h1-2H,(H,8,11)(H,9,10). The number of aromatic amines is 2. The van der Waals surface area contributed by atoms with Crippen molar-refractivity contribution in [1.29, 1.82) is 0 Å². The number of fused-ring (bicyclic) bond motifs is 1. The quantitative estimate of drug-likeness (QED) is 0.616. The van der Waals surface area contributed by atoms with Crippen LogP contribution in [0, 0.1) is 0 Å². The van der Waals surface area contributed by atoms with Gasteiger partial charge in [-0.15, -0.1) is 0 Å². The molecular formula is C6H4ClN3O. The van der Waals surface area contributed by atoms with E-state index in [1.54, 1.807) is 6.07 Å². The van der Waals surface area contributed by atoms with Crippen molar-refractivity contribution in [2.45, 2.75) is 0 Å². The van der Waals surface area contributed by atoms with Gasteiger partial charge in [-0.05, 0) is 6.07 Å². The molecule has 4 nitrogen and oxygen atoms in total. The summed E-state index contributed by atoms with van der Waals surface area (Å²) < 4.78 is 0. The third-order valence-electron chi connectivity index (χ3n) is 1.44. The maximum atomic E-state index is 11.0. The molecule has 0 unspecified atom stereocenters. The minimum Gasteiger partial charge on any atom is -0.327 e. The van der Waals surface area contributed by atoms with E-state index in [1.165, 1.54) is 6.20 Å². The largest absolute Gasteiger partial charge is 0.327 e. The molecule has 0 aliphatic carbocycles. The molecule has 5 heteroatoms. The molecule has 2 rings (SSSR count). The average Bonchev–Trinajstić information content (AvgIpc) is 2.35. The summed E-state index contributed by atoms with van der Waals surface area (Å²) in [4.78, 5) is 13.5. The number of nitrogens with zero attached hydrogens (tertiary/aromatic N) is 1. The fraction of sp³-hybridized carbons (Fsp3) is 0. The number of hydrogen-bond donors (Lipinski definition) is 2. The molecule has 0 aliphatic rings. The SMILES string of the molecule is O=c1[nH]ccc2c(Cl)[nH]nc12. The maximum Gasteiger partial charge on any atom is 0.276 e. The number of aromatic nitrogens is 3. The van der Waals surface area contributed by atoms with Gasteiger partial charge < -0.3 is 4.98 Å². The van der Waals surface area contributed by atoms with Crippen molar-refractivity contribution in [1.82, 2.24) is 15.2 Å². The predicted octanol–water partition coefficient (Wildman–Crippen LogP) is 0.905. The number of hydrogen-bond acceptors (Lipinski definition) is 2. The first-order valence-electron chi connectivity index (χ1n) is 3.00. The second kappa shape index (κ2) is 2.10. The lowest BCUT2D eigenvalue weighted by molar-refractivity contribution is 1.10. The van der Waals surface area contributed by atoms with Crippen LogP contribution in [0.2, 0.25) is 5.15 Å². The monoisotopic (exact) mass is 169 g/mol. The summed E-state index contributed by atoms with van der Waals surface area (Å²) in [5.41, 5.74) is 0.114. The molecule has 0 atom stereocenters. The van der Waals surface area contributed by atoms with Gasteiger partial charge in [-0.25, -0.2) is 0 Å². The Hall–Kier alpha value is -1.29. The van der Waals surface area contributed by atoms with Crippen molar-refractivity contribution in [2.24, 2.45) is 0 Å². The molecule has 0 saturated carbocycles. The van der Waals surface area contributed by atoms with E-state index in [-0.39, 0.29) is 5.56 Å². The molecule has 2 aromatic heterocycles. The third-order valence-corrected chi connectivity index (χ3v) is 1.73. The Bertz CT molecular complexity index is 444.